The fourth-order valence-corrected chi connectivity index (χ4v) is 6.76. The number of rotatable bonds is 12. The van der Waals surface area contributed by atoms with Crippen LogP contribution in [0.2, 0.25) is 0 Å². The summed E-state index contributed by atoms with van der Waals surface area (Å²) in [6.45, 7) is 0.963. The number of hydrogen-bond donors (Lipinski definition) is 3. The zero-order valence-corrected chi connectivity index (χ0v) is 27.6. The van der Waals surface area contributed by atoms with E-state index >= 15 is 0 Å². The average Bonchev–Trinajstić information content (AvgIpc) is 3.83. The Balaban J connectivity index is 1.36. The number of carbonyl (C=O) groups is 2. The number of anilines is 3. The molecule has 49 heavy (non-hydrogen) atoms. The van der Waals surface area contributed by atoms with Crippen LogP contribution in [0.5, 0.6) is 0 Å². The summed E-state index contributed by atoms with van der Waals surface area (Å²) >= 11 is 0. The number of carbonyl (C=O) groups excluding carboxylic acids is 1. The van der Waals surface area contributed by atoms with E-state index in [1.54, 1.807) is 26.3 Å². The number of aliphatic carboxylic acids is 1. The summed E-state index contributed by atoms with van der Waals surface area (Å²) in [5.41, 5.74) is 1.62. The number of likely N-dealkylation sites (N-methyl/N-ethyl adjacent to an activating group) is 1. The first-order valence-corrected chi connectivity index (χ1v) is 16.2. The monoisotopic (exact) mass is 680 g/mol. The maximum absolute atomic E-state index is 14.2. The van der Waals surface area contributed by atoms with Crippen molar-refractivity contribution in [2.45, 2.75) is 57.0 Å². The van der Waals surface area contributed by atoms with Gasteiger partial charge in [0.1, 0.15) is 17.8 Å². The summed E-state index contributed by atoms with van der Waals surface area (Å²) < 4.78 is 48.2. The van der Waals surface area contributed by atoms with Gasteiger partial charge in [0, 0.05) is 50.8 Å². The molecule has 12 nitrogen and oxygen atoms in total. The minimum absolute atomic E-state index is 0.0633. The number of amides is 1. The molecule has 2 aliphatic rings. The molecular formula is C34H39F3N8O4. The molecule has 0 bridgehead atoms. The lowest BCUT2D eigenvalue weighted by molar-refractivity contribution is -0.138. The third kappa shape index (κ3) is 7.61. The van der Waals surface area contributed by atoms with Gasteiger partial charge in [-0.3, -0.25) is 19.9 Å². The number of fused-ring (bicyclic) bond motifs is 1. The molecule has 0 atom stereocenters. The number of halogens is 3. The summed E-state index contributed by atoms with van der Waals surface area (Å²) in [7, 11) is 5.21. The van der Waals surface area contributed by atoms with Gasteiger partial charge in [0.05, 0.1) is 41.1 Å². The second-order valence-electron chi connectivity index (χ2n) is 13.2. The Morgan fingerprint density at radius 2 is 1.82 bits per heavy atom. The quantitative estimate of drug-likeness (QED) is 0.160. The molecular weight excluding hydrogens is 641 g/mol. The van der Waals surface area contributed by atoms with Crippen LogP contribution in [0, 0.1) is 5.41 Å². The Morgan fingerprint density at radius 1 is 1.06 bits per heavy atom. The zero-order valence-electron chi connectivity index (χ0n) is 27.6. The molecule has 4 aromatic rings. The predicted octanol–water partition coefficient (Wildman–Crippen LogP) is 6.12. The van der Waals surface area contributed by atoms with Crippen molar-refractivity contribution in [1.82, 2.24) is 24.9 Å². The van der Waals surface area contributed by atoms with Gasteiger partial charge in [0.15, 0.2) is 5.65 Å². The first kappa shape index (κ1) is 34.1. The fraction of sp³-hybridized carbons (Fsp3) is 0.471. The number of alkyl halides is 3. The smallest absolute Gasteiger partial charge is 0.418 e. The Morgan fingerprint density at radius 3 is 2.45 bits per heavy atom. The number of H-pyrrole nitrogens is 1. The van der Waals surface area contributed by atoms with Crippen molar-refractivity contribution < 1.29 is 32.6 Å². The van der Waals surface area contributed by atoms with Crippen molar-refractivity contribution in [3.05, 3.63) is 53.6 Å². The lowest BCUT2D eigenvalue weighted by Crippen LogP contribution is -2.40. The van der Waals surface area contributed by atoms with Crippen molar-refractivity contribution in [2.75, 3.05) is 56.0 Å². The third-order valence-corrected chi connectivity index (χ3v) is 9.30. The lowest BCUT2D eigenvalue weighted by atomic mass is 9.74. The number of pyridine rings is 3. The number of aromatic amines is 1. The summed E-state index contributed by atoms with van der Waals surface area (Å²) in [6.07, 6.45) is 4.92. The van der Waals surface area contributed by atoms with Gasteiger partial charge in [0.2, 0.25) is 5.95 Å². The summed E-state index contributed by atoms with van der Waals surface area (Å²) in [6, 6.07) is 5.91. The van der Waals surface area contributed by atoms with Crippen LogP contribution in [0.4, 0.5) is 30.5 Å². The molecule has 0 aliphatic heterocycles. The molecule has 15 heteroatoms. The molecule has 2 fully saturated rings. The minimum atomic E-state index is -4.57. The summed E-state index contributed by atoms with van der Waals surface area (Å²) in [4.78, 5) is 48.5. The molecule has 4 aromatic heterocycles. The van der Waals surface area contributed by atoms with E-state index in [1.165, 1.54) is 23.4 Å². The van der Waals surface area contributed by atoms with E-state index in [4.69, 9.17) is 9.84 Å². The normalized spacial score (nSPS) is 16.0. The average molecular weight is 681 g/mol. The maximum Gasteiger partial charge on any atom is 0.418 e. The molecule has 2 saturated carbocycles. The Hall–Kier alpha value is -4.79. The van der Waals surface area contributed by atoms with Gasteiger partial charge in [-0.05, 0) is 49.9 Å². The SMILES string of the molecule is COCC1(CN(C)c2cc(-c3cnc(C4CC4)c(C(F)(F)F)c3)nc3nc(NC(=O)c4ccc(N(C)CC(=O)O)cn4)[nH]c23)CCCCC1. The molecule has 0 aromatic carbocycles. The number of carboxylic acid groups (broad SMARTS) is 1. The van der Waals surface area contributed by atoms with E-state index in [-0.39, 0.29) is 52.1 Å². The molecule has 1 amide bonds. The minimum Gasteiger partial charge on any atom is -0.480 e. The van der Waals surface area contributed by atoms with Crippen molar-refractivity contribution in [3.63, 3.8) is 0 Å². The van der Waals surface area contributed by atoms with Crippen LogP contribution >= 0.6 is 0 Å². The molecule has 260 valence electrons. The van der Waals surface area contributed by atoms with Gasteiger partial charge in [-0.15, -0.1) is 0 Å². The molecule has 6 rings (SSSR count). The van der Waals surface area contributed by atoms with E-state index in [2.05, 4.69) is 30.2 Å². The first-order chi connectivity index (χ1) is 23.4. The number of hydrogen-bond acceptors (Lipinski definition) is 9. The lowest BCUT2D eigenvalue weighted by Gasteiger charge is -2.40. The van der Waals surface area contributed by atoms with Crippen LogP contribution in [-0.4, -0.2) is 82.8 Å². The second-order valence-corrected chi connectivity index (χ2v) is 13.2. The van der Waals surface area contributed by atoms with E-state index in [9.17, 15) is 22.8 Å². The topological polar surface area (TPSA) is 149 Å². The molecule has 0 unspecified atom stereocenters. The summed E-state index contributed by atoms with van der Waals surface area (Å²) in [5, 5.41) is 11.7. The molecule has 0 spiro atoms. The predicted molar refractivity (Wildman–Crippen MR) is 178 cm³/mol. The maximum atomic E-state index is 14.2. The van der Waals surface area contributed by atoms with E-state index in [0.29, 0.717) is 42.9 Å². The fourth-order valence-electron chi connectivity index (χ4n) is 6.76. The Labute approximate surface area is 281 Å². The van der Waals surface area contributed by atoms with Gasteiger partial charge in [-0.25, -0.2) is 9.97 Å². The molecule has 3 N–H and O–H groups in total. The van der Waals surface area contributed by atoms with Crippen LogP contribution in [-0.2, 0) is 15.7 Å². The third-order valence-electron chi connectivity index (χ3n) is 9.30. The Bertz CT molecular complexity index is 1830. The highest BCUT2D eigenvalue weighted by Crippen LogP contribution is 2.46. The van der Waals surface area contributed by atoms with Crippen LogP contribution in [0.25, 0.3) is 22.4 Å². The molecule has 2 aliphatic carbocycles. The van der Waals surface area contributed by atoms with Gasteiger partial charge in [-0.1, -0.05) is 19.3 Å². The van der Waals surface area contributed by atoms with Gasteiger partial charge >= 0.3 is 12.1 Å². The Kier molecular flexibility index (Phi) is 9.47. The number of imidazole rings is 1. The number of methoxy groups -OCH3 is 1. The van der Waals surface area contributed by atoms with Crippen LogP contribution in [0.3, 0.4) is 0 Å². The number of aromatic nitrogens is 5. The van der Waals surface area contributed by atoms with E-state index in [1.807, 2.05) is 11.9 Å². The van der Waals surface area contributed by atoms with Crippen molar-refractivity contribution >= 4 is 40.4 Å². The van der Waals surface area contributed by atoms with Gasteiger partial charge in [0.25, 0.3) is 5.91 Å². The largest absolute Gasteiger partial charge is 0.480 e. The number of nitrogens with zero attached hydrogens (tertiary/aromatic N) is 6. The number of ether oxygens (including phenoxy) is 1. The zero-order chi connectivity index (χ0) is 34.9. The highest BCUT2D eigenvalue weighted by atomic mass is 19.4. The first-order valence-electron chi connectivity index (χ1n) is 16.2. The van der Waals surface area contributed by atoms with Crippen molar-refractivity contribution in [1.29, 1.82) is 0 Å². The second kappa shape index (κ2) is 13.6. The number of nitrogens with one attached hydrogen (secondary N) is 2. The summed E-state index contributed by atoms with van der Waals surface area (Å²) in [5.74, 6) is -1.69. The van der Waals surface area contributed by atoms with Crippen LogP contribution in [0.15, 0.2) is 36.7 Å². The van der Waals surface area contributed by atoms with Crippen LogP contribution < -0.4 is 15.1 Å². The highest BCUT2D eigenvalue weighted by molar-refractivity contribution is 6.03. The standard InChI is InChI=1S/C34H39F3N8O4/c1-44(17-27(46)47)22-9-10-24(38-16-22)31(48)43-32-41-29-26(45(2)18-33(19-49-3)11-5-4-6-12-33)14-25(40-30(29)42-32)21-13-23(34(35,36)37)28(39-15-21)20-7-8-20/h9-10,13-16,20H,4-8,11-12,17-19H2,1-3H3,(H,46,47)(H2,40,41,42,43,48). The van der Waals surface area contributed by atoms with Gasteiger partial charge in [-0.2, -0.15) is 18.2 Å². The van der Waals surface area contributed by atoms with Crippen molar-refractivity contribution in [3.8, 4) is 11.3 Å². The number of carboxylic acids is 1. The van der Waals surface area contributed by atoms with Crippen LogP contribution in [0.1, 0.15) is 72.6 Å². The van der Waals surface area contributed by atoms with Gasteiger partial charge < -0.3 is 24.6 Å². The highest BCUT2D eigenvalue weighted by Gasteiger charge is 2.40. The van der Waals surface area contributed by atoms with E-state index < -0.39 is 23.6 Å². The molecule has 4 heterocycles. The molecule has 0 radical (unpaired) electrons. The van der Waals surface area contributed by atoms with Crippen molar-refractivity contribution in [2.24, 2.45) is 5.41 Å². The van der Waals surface area contributed by atoms with E-state index in [0.717, 1.165) is 38.2 Å². The molecule has 0 saturated heterocycles.